The van der Waals surface area contributed by atoms with Crippen molar-refractivity contribution in [2.75, 3.05) is 29.9 Å². The summed E-state index contributed by atoms with van der Waals surface area (Å²) in [5, 5.41) is 3.28. The fourth-order valence-electron chi connectivity index (χ4n) is 2.53. The van der Waals surface area contributed by atoms with Gasteiger partial charge in [-0.15, -0.1) is 0 Å². The number of rotatable bonds is 1. The number of nitrogens with one attached hydrogen (secondary N) is 1. The molecule has 1 saturated heterocycles. The van der Waals surface area contributed by atoms with E-state index in [2.05, 4.69) is 11.4 Å². The highest BCUT2D eigenvalue weighted by Gasteiger charge is 2.31. The maximum atomic E-state index is 12.3. The second-order valence-corrected chi connectivity index (χ2v) is 6.43. The summed E-state index contributed by atoms with van der Waals surface area (Å²) in [5.41, 5.74) is 2.27. The van der Waals surface area contributed by atoms with Crippen LogP contribution in [0.15, 0.2) is 24.3 Å². The third-order valence-electron chi connectivity index (χ3n) is 3.56. The molecule has 1 fully saturated rings. The summed E-state index contributed by atoms with van der Waals surface area (Å²) >= 11 is 0. The molecule has 1 amide bonds. The zero-order chi connectivity index (χ0) is 12.5. The van der Waals surface area contributed by atoms with E-state index in [0.29, 0.717) is 24.6 Å². The fraction of sp³-hybridized carbons (Fsp3) is 0.462. The van der Waals surface area contributed by atoms with E-state index in [-0.39, 0.29) is 11.9 Å². The minimum absolute atomic E-state index is 0.142. The average Bonchev–Trinajstić information content (AvgIpc) is 2.82. The molecule has 5 heteroatoms. The molecule has 1 atom stereocenters. The van der Waals surface area contributed by atoms with Crippen molar-refractivity contribution in [3.05, 3.63) is 29.8 Å². The monoisotopic (exact) mass is 264 g/mol. The van der Waals surface area contributed by atoms with Crippen molar-refractivity contribution in [2.24, 2.45) is 0 Å². The number of hydrogen-bond donors (Lipinski definition) is 1. The van der Waals surface area contributed by atoms with Gasteiger partial charge in [-0.25, -0.2) is 0 Å². The molecule has 18 heavy (non-hydrogen) atoms. The summed E-state index contributed by atoms with van der Waals surface area (Å²) in [5.74, 6) is 1.37. The van der Waals surface area contributed by atoms with Gasteiger partial charge in [0.1, 0.15) is 6.04 Å². The van der Waals surface area contributed by atoms with E-state index >= 15 is 0 Å². The van der Waals surface area contributed by atoms with Gasteiger partial charge in [-0.3, -0.25) is 9.00 Å². The lowest BCUT2D eigenvalue weighted by Crippen LogP contribution is -2.48. The van der Waals surface area contributed by atoms with Crippen molar-refractivity contribution in [3.8, 4) is 0 Å². The van der Waals surface area contributed by atoms with Crippen LogP contribution >= 0.6 is 0 Å². The summed E-state index contributed by atoms with van der Waals surface area (Å²) in [6, 6.07) is 7.89. The standard InChI is InChI=1S/C13H16N2O2S/c16-13(15-5-7-18(17)8-6-15)12-9-10-3-1-2-4-11(10)14-12/h1-4,12,14H,5-9H2/t12-/m0/s1. The molecule has 0 aromatic heterocycles. The molecule has 0 aliphatic carbocycles. The van der Waals surface area contributed by atoms with Gasteiger partial charge >= 0.3 is 0 Å². The van der Waals surface area contributed by atoms with Crippen LogP contribution in [0.2, 0.25) is 0 Å². The first-order valence-electron chi connectivity index (χ1n) is 6.22. The Balaban J connectivity index is 1.67. The lowest BCUT2D eigenvalue weighted by Gasteiger charge is -2.28. The molecule has 0 bridgehead atoms. The van der Waals surface area contributed by atoms with Gasteiger partial charge in [0, 0.05) is 47.5 Å². The Kier molecular flexibility index (Phi) is 3.07. The lowest BCUT2D eigenvalue weighted by molar-refractivity contribution is -0.131. The molecule has 1 N–H and O–H groups in total. The van der Waals surface area contributed by atoms with Crippen molar-refractivity contribution in [1.29, 1.82) is 0 Å². The Hall–Kier alpha value is -1.36. The maximum absolute atomic E-state index is 12.3. The van der Waals surface area contributed by atoms with Crippen LogP contribution in [0.4, 0.5) is 5.69 Å². The third kappa shape index (κ3) is 2.14. The summed E-state index contributed by atoms with van der Waals surface area (Å²) in [6.45, 7) is 1.25. The highest BCUT2D eigenvalue weighted by Crippen LogP contribution is 2.26. The van der Waals surface area contributed by atoms with Gasteiger partial charge < -0.3 is 10.2 Å². The van der Waals surface area contributed by atoms with Gasteiger partial charge in [-0.2, -0.15) is 0 Å². The lowest BCUT2D eigenvalue weighted by atomic mass is 10.1. The minimum Gasteiger partial charge on any atom is -0.373 e. The topological polar surface area (TPSA) is 49.4 Å². The SMILES string of the molecule is O=C([C@@H]1Cc2ccccc2N1)N1CCS(=O)CC1. The number of fused-ring (bicyclic) bond motifs is 1. The largest absolute Gasteiger partial charge is 0.373 e. The third-order valence-corrected chi connectivity index (χ3v) is 4.83. The Morgan fingerprint density at radius 1 is 1.28 bits per heavy atom. The summed E-state index contributed by atoms with van der Waals surface area (Å²) < 4.78 is 11.3. The van der Waals surface area contributed by atoms with Gasteiger partial charge in [-0.1, -0.05) is 18.2 Å². The van der Waals surface area contributed by atoms with Crippen LogP contribution in [0.5, 0.6) is 0 Å². The molecular formula is C13H16N2O2S. The van der Waals surface area contributed by atoms with Gasteiger partial charge in [-0.05, 0) is 11.6 Å². The second-order valence-electron chi connectivity index (χ2n) is 4.73. The zero-order valence-electron chi connectivity index (χ0n) is 10.1. The number of para-hydroxylation sites is 1. The average molecular weight is 264 g/mol. The number of carbonyl (C=O) groups is 1. The van der Waals surface area contributed by atoms with Crippen LogP contribution < -0.4 is 5.32 Å². The molecule has 4 nitrogen and oxygen atoms in total. The van der Waals surface area contributed by atoms with Crippen molar-refractivity contribution in [3.63, 3.8) is 0 Å². The van der Waals surface area contributed by atoms with E-state index in [1.165, 1.54) is 5.56 Å². The smallest absolute Gasteiger partial charge is 0.245 e. The number of anilines is 1. The number of hydrogen-bond acceptors (Lipinski definition) is 3. The van der Waals surface area contributed by atoms with E-state index in [0.717, 1.165) is 12.1 Å². The van der Waals surface area contributed by atoms with E-state index in [1.54, 1.807) is 0 Å². The predicted octanol–water partition coefficient (Wildman–Crippen LogP) is 0.614. The fourth-order valence-corrected chi connectivity index (χ4v) is 3.58. The molecule has 2 aliphatic heterocycles. The number of nitrogens with zero attached hydrogens (tertiary/aromatic N) is 1. The number of benzene rings is 1. The minimum atomic E-state index is -0.733. The normalized spacial score (nSPS) is 23.6. The van der Waals surface area contributed by atoms with E-state index in [9.17, 15) is 9.00 Å². The Morgan fingerprint density at radius 3 is 2.72 bits per heavy atom. The Morgan fingerprint density at radius 2 is 2.00 bits per heavy atom. The highest BCUT2D eigenvalue weighted by atomic mass is 32.2. The van der Waals surface area contributed by atoms with E-state index in [4.69, 9.17) is 0 Å². The molecule has 3 rings (SSSR count). The van der Waals surface area contributed by atoms with Crippen molar-refractivity contribution in [2.45, 2.75) is 12.5 Å². The van der Waals surface area contributed by atoms with Crippen molar-refractivity contribution < 1.29 is 9.00 Å². The van der Waals surface area contributed by atoms with Gasteiger partial charge in [0.05, 0.1) is 0 Å². The molecule has 1 aromatic carbocycles. The van der Waals surface area contributed by atoms with Crippen LogP contribution in [0.3, 0.4) is 0 Å². The molecule has 2 aliphatic rings. The maximum Gasteiger partial charge on any atom is 0.245 e. The summed E-state index contributed by atoms with van der Waals surface area (Å²) in [6.07, 6.45) is 0.759. The first-order chi connectivity index (χ1) is 8.74. The predicted molar refractivity (Wildman–Crippen MR) is 72.0 cm³/mol. The molecule has 2 heterocycles. The van der Waals surface area contributed by atoms with Crippen LogP contribution in [-0.2, 0) is 22.0 Å². The van der Waals surface area contributed by atoms with Gasteiger partial charge in [0.15, 0.2) is 0 Å². The molecule has 96 valence electrons. The van der Waals surface area contributed by atoms with Crippen molar-refractivity contribution >= 4 is 22.4 Å². The molecule has 0 unspecified atom stereocenters. The highest BCUT2D eigenvalue weighted by molar-refractivity contribution is 7.85. The Bertz CT molecular complexity index is 469. The van der Waals surface area contributed by atoms with Crippen LogP contribution in [-0.4, -0.2) is 45.7 Å². The zero-order valence-corrected chi connectivity index (χ0v) is 10.9. The first kappa shape index (κ1) is 11.7. The van der Waals surface area contributed by atoms with Gasteiger partial charge in [0.2, 0.25) is 5.91 Å². The summed E-state index contributed by atoms with van der Waals surface area (Å²) in [7, 11) is -0.733. The summed E-state index contributed by atoms with van der Waals surface area (Å²) in [4.78, 5) is 14.2. The molecule has 0 spiro atoms. The van der Waals surface area contributed by atoms with Crippen molar-refractivity contribution in [1.82, 2.24) is 4.90 Å². The number of amides is 1. The quantitative estimate of drug-likeness (QED) is 0.809. The molecule has 0 radical (unpaired) electrons. The number of carbonyl (C=O) groups excluding carboxylic acids is 1. The Labute approximate surface area is 109 Å². The van der Waals surface area contributed by atoms with Crippen LogP contribution in [0.1, 0.15) is 5.56 Å². The van der Waals surface area contributed by atoms with Gasteiger partial charge in [0.25, 0.3) is 0 Å². The molecule has 1 aromatic rings. The first-order valence-corrected chi connectivity index (χ1v) is 7.71. The van der Waals surface area contributed by atoms with E-state index < -0.39 is 10.8 Å². The molecular weight excluding hydrogens is 248 g/mol. The van der Waals surface area contributed by atoms with Crippen LogP contribution in [0.25, 0.3) is 0 Å². The second kappa shape index (κ2) is 4.72. The van der Waals surface area contributed by atoms with Crippen LogP contribution in [0, 0.1) is 0 Å². The molecule has 0 saturated carbocycles. The van der Waals surface area contributed by atoms with E-state index in [1.807, 2.05) is 23.1 Å².